The minimum Gasteiger partial charge on any atom is -0.325 e. The third-order valence-electron chi connectivity index (χ3n) is 3.49. The van der Waals surface area contributed by atoms with Gasteiger partial charge in [-0.25, -0.2) is 0 Å². The molecule has 1 amide bonds. The van der Waals surface area contributed by atoms with Gasteiger partial charge in [0.05, 0.1) is 11.9 Å². The van der Waals surface area contributed by atoms with Crippen LogP contribution in [0.4, 0.5) is 5.69 Å². The Labute approximate surface area is 108 Å². The van der Waals surface area contributed by atoms with Gasteiger partial charge in [0.25, 0.3) is 0 Å². The van der Waals surface area contributed by atoms with Gasteiger partial charge in [-0.2, -0.15) is 0 Å². The fourth-order valence-corrected chi connectivity index (χ4v) is 2.31. The van der Waals surface area contributed by atoms with Crippen LogP contribution in [0.3, 0.4) is 0 Å². The van der Waals surface area contributed by atoms with Crippen molar-refractivity contribution in [3.8, 4) is 0 Å². The molecule has 1 aliphatic rings. The second-order valence-corrected chi connectivity index (χ2v) is 4.99. The highest BCUT2D eigenvalue weighted by atomic mass is 16.1. The number of anilines is 1. The second-order valence-electron chi connectivity index (χ2n) is 4.99. The first-order valence-electron chi connectivity index (χ1n) is 6.67. The summed E-state index contributed by atoms with van der Waals surface area (Å²) in [6.45, 7) is 4.15. The molecule has 0 radical (unpaired) electrons. The Hall–Kier alpha value is -1.42. The lowest BCUT2D eigenvalue weighted by Crippen LogP contribution is -2.30. The van der Waals surface area contributed by atoms with E-state index in [1.165, 1.54) is 12.8 Å². The molecule has 0 bridgehead atoms. The first-order chi connectivity index (χ1) is 8.75. The average molecular weight is 247 g/mol. The fourth-order valence-electron chi connectivity index (χ4n) is 2.31. The van der Waals surface area contributed by atoms with Gasteiger partial charge in [0.15, 0.2) is 0 Å². The van der Waals surface area contributed by atoms with E-state index in [1.807, 2.05) is 13.0 Å². The summed E-state index contributed by atoms with van der Waals surface area (Å²) < 4.78 is 0. The fraction of sp³-hybridized carbons (Fsp3) is 0.571. The molecule has 2 rings (SSSR count). The van der Waals surface area contributed by atoms with Crippen LogP contribution >= 0.6 is 0 Å². The van der Waals surface area contributed by atoms with Gasteiger partial charge >= 0.3 is 0 Å². The Balaban J connectivity index is 1.76. The number of hydrogen-bond acceptors (Lipinski definition) is 3. The normalized spacial score (nSPS) is 19.5. The van der Waals surface area contributed by atoms with E-state index in [2.05, 4.69) is 15.6 Å². The van der Waals surface area contributed by atoms with Crippen molar-refractivity contribution in [1.82, 2.24) is 10.3 Å². The molecule has 0 spiro atoms. The lowest BCUT2D eigenvalue weighted by Gasteiger charge is -2.22. The van der Waals surface area contributed by atoms with Crippen molar-refractivity contribution in [3.05, 3.63) is 24.0 Å². The highest BCUT2D eigenvalue weighted by Crippen LogP contribution is 2.17. The van der Waals surface area contributed by atoms with Crippen molar-refractivity contribution in [3.63, 3.8) is 0 Å². The molecule has 98 valence electrons. The van der Waals surface area contributed by atoms with E-state index in [9.17, 15) is 4.79 Å². The maximum absolute atomic E-state index is 11.8. The quantitative estimate of drug-likeness (QED) is 0.856. The smallest absolute Gasteiger partial charge is 0.224 e. The molecule has 4 heteroatoms. The van der Waals surface area contributed by atoms with Crippen molar-refractivity contribution in [2.24, 2.45) is 5.92 Å². The molecule has 1 aromatic rings. The van der Waals surface area contributed by atoms with Crippen LogP contribution in [0.15, 0.2) is 18.5 Å². The van der Waals surface area contributed by atoms with E-state index in [-0.39, 0.29) is 5.91 Å². The number of pyridine rings is 1. The number of aryl methyl sites for hydroxylation is 1. The highest BCUT2D eigenvalue weighted by molar-refractivity contribution is 5.91. The SMILES string of the molecule is Cc1ccncc1NC(=O)CCC1CCCNC1. The summed E-state index contributed by atoms with van der Waals surface area (Å²) in [6, 6.07) is 1.90. The van der Waals surface area contributed by atoms with Crippen LogP contribution < -0.4 is 10.6 Å². The van der Waals surface area contributed by atoms with Gasteiger partial charge in [0.2, 0.25) is 5.91 Å². The molecule has 1 aliphatic heterocycles. The molecule has 4 nitrogen and oxygen atoms in total. The number of aromatic nitrogens is 1. The Morgan fingerprint density at radius 3 is 3.22 bits per heavy atom. The zero-order valence-corrected chi connectivity index (χ0v) is 10.9. The van der Waals surface area contributed by atoms with Crippen LogP contribution in [0.1, 0.15) is 31.2 Å². The van der Waals surface area contributed by atoms with E-state index in [0.717, 1.165) is 30.8 Å². The molecular weight excluding hydrogens is 226 g/mol. The number of carbonyl (C=O) groups excluding carboxylic acids is 1. The Morgan fingerprint density at radius 1 is 1.61 bits per heavy atom. The van der Waals surface area contributed by atoms with Gasteiger partial charge < -0.3 is 10.6 Å². The van der Waals surface area contributed by atoms with Crippen LogP contribution in [0, 0.1) is 12.8 Å². The summed E-state index contributed by atoms with van der Waals surface area (Å²) in [5.74, 6) is 0.746. The van der Waals surface area contributed by atoms with Gasteiger partial charge in [0, 0.05) is 12.6 Å². The molecular formula is C14H21N3O. The summed E-state index contributed by atoms with van der Waals surface area (Å²) in [7, 11) is 0. The number of amides is 1. The summed E-state index contributed by atoms with van der Waals surface area (Å²) in [5, 5.41) is 6.30. The van der Waals surface area contributed by atoms with Crippen molar-refractivity contribution in [2.75, 3.05) is 18.4 Å². The highest BCUT2D eigenvalue weighted by Gasteiger charge is 2.14. The summed E-state index contributed by atoms with van der Waals surface area (Å²) >= 11 is 0. The zero-order chi connectivity index (χ0) is 12.8. The molecule has 0 aromatic carbocycles. The summed E-state index contributed by atoms with van der Waals surface area (Å²) in [5.41, 5.74) is 1.88. The minimum absolute atomic E-state index is 0.0941. The predicted molar refractivity (Wildman–Crippen MR) is 72.4 cm³/mol. The molecule has 2 heterocycles. The van der Waals surface area contributed by atoms with E-state index >= 15 is 0 Å². The number of piperidine rings is 1. The first-order valence-corrected chi connectivity index (χ1v) is 6.67. The van der Waals surface area contributed by atoms with Crippen LogP contribution in [0.2, 0.25) is 0 Å². The minimum atomic E-state index is 0.0941. The van der Waals surface area contributed by atoms with Gasteiger partial charge in [-0.3, -0.25) is 9.78 Å². The lowest BCUT2D eigenvalue weighted by molar-refractivity contribution is -0.116. The third-order valence-corrected chi connectivity index (χ3v) is 3.49. The van der Waals surface area contributed by atoms with Crippen LogP contribution in [0.25, 0.3) is 0 Å². The van der Waals surface area contributed by atoms with E-state index < -0.39 is 0 Å². The van der Waals surface area contributed by atoms with Crippen molar-refractivity contribution < 1.29 is 4.79 Å². The molecule has 18 heavy (non-hydrogen) atoms. The van der Waals surface area contributed by atoms with Crippen molar-refractivity contribution >= 4 is 11.6 Å². The van der Waals surface area contributed by atoms with E-state index in [0.29, 0.717) is 12.3 Å². The maximum Gasteiger partial charge on any atom is 0.224 e. The molecule has 1 aromatic heterocycles. The topological polar surface area (TPSA) is 54.0 Å². The summed E-state index contributed by atoms with van der Waals surface area (Å²) in [4.78, 5) is 15.9. The molecule has 0 aliphatic carbocycles. The number of hydrogen-bond donors (Lipinski definition) is 2. The Morgan fingerprint density at radius 2 is 2.50 bits per heavy atom. The molecule has 1 atom stereocenters. The standard InChI is InChI=1S/C14H21N3O/c1-11-6-8-16-10-13(11)17-14(18)5-4-12-3-2-7-15-9-12/h6,8,10,12,15H,2-5,7,9H2,1H3,(H,17,18). The van der Waals surface area contributed by atoms with Gasteiger partial charge in [-0.15, -0.1) is 0 Å². The number of nitrogens with zero attached hydrogens (tertiary/aromatic N) is 1. The molecule has 0 saturated carbocycles. The third kappa shape index (κ3) is 3.81. The van der Waals surface area contributed by atoms with Crippen molar-refractivity contribution in [2.45, 2.75) is 32.6 Å². The van der Waals surface area contributed by atoms with Gasteiger partial charge in [-0.1, -0.05) is 0 Å². The number of rotatable bonds is 4. The van der Waals surface area contributed by atoms with E-state index in [4.69, 9.17) is 0 Å². The predicted octanol–water partition coefficient (Wildman–Crippen LogP) is 2.11. The molecule has 2 N–H and O–H groups in total. The van der Waals surface area contributed by atoms with Crippen molar-refractivity contribution in [1.29, 1.82) is 0 Å². The van der Waals surface area contributed by atoms with E-state index in [1.54, 1.807) is 12.4 Å². The first kappa shape index (κ1) is 13.0. The number of nitrogens with one attached hydrogen (secondary N) is 2. The summed E-state index contributed by atoms with van der Waals surface area (Å²) in [6.07, 6.45) is 7.48. The Kier molecular flexibility index (Phi) is 4.70. The lowest BCUT2D eigenvalue weighted by atomic mass is 9.94. The Bertz CT molecular complexity index is 400. The maximum atomic E-state index is 11.8. The second kappa shape index (κ2) is 6.50. The monoisotopic (exact) mass is 247 g/mol. The van der Waals surface area contributed by atoms with Crippen LogP contribution in [-0.4, -0.2) is 24.0 Å². The van der Waals surface area contributed by atoms with Gasteiger partial charge in [0.1, 0.15) is 0 Å². The van der Waals surface area contributed by atoms with Gasteiger partial charge in [-0.05, 0) is 56.8 Å². The molecule has 1 fully saturated rings. The van der Waals surface area contributed by atoms with Crippen LogP contribution in [0.5, 0.6) is 0 Å². The average Bonchev–Trinajstić information content (AvgIpc) is 2.40. The zero-order valence-electron chi connectivity index (χ0n) is 10.9. The van der Waals surface area contributed by atoms with Crippen LogP contribution in [-0.2, 0) is 4.79 Å². The number of carbonyl (C=O) groups is 1. The molecule has 1 saturated heterocycles. The largest absolute Gasteiger partial charge is 0.325 e. The molecule has 1 unspecified atom stereocenters.